The summed E-state index contributed by atoms with van der Waals surface area (Å²) in [6, 6.07) is 10.0. The summed E-state index contributed by atoms with van der Waals surface area (Å²) in [5.74, 6) is 0.192. The van der Waals surface area contributed by atoms with Gasteiger partial charge in [0.25, 0.3) is 0 Å². The molecular weight excluding hydrogens is 238 g/mol. The van der Waals surface area contributed by atoms with Crippen molar-refractivity contribution in [1.29, 1.82) is 0 Å². The van der Waals surface area contributed by atoms with Crippen molar-refractivity contribution in [2.45, 2.75) is 25.4 Å². The Hall–Kier alpha value is -1.39. The molecule has 1 N–H and O–H groups in total. The van der Waals surface area contributed by atoms with Crippen molar-refractivity contribution < 1.29 is 4.79 Å². The highest BCUT2D eigenvalue weighted by molar-refractivity contribution is 5.85. The molecule has 1 aromatic carbocycles. The van der Waals surface area contributed by atoms with E-state index in [1.165, 1.54) is 0 Å². The molecule has 0 spiro atoms. The highest BCUT2D eigenvalue weighted by Gasteiger charge is 2.34. The van der Waals surface area contributed by atoms with E-state index in [1.807, 2.05) is 35.2 Å². The van der Waals surface area contributed by atoms with Crippen LogP contribution in [0.25, 0.3) is 0 Å². The molecule has 1 aliphatic heterocycles. The van der Waals surface area contributed by atoms with E-state index in [0.29, 0.717) is 6.67 Å². The molecule has 0 aliphatic carbocycles. The van der Waals surface area contributed by atoms with Crippen LogP contribution in [-0.2, 0) is 4.79 Å². The summed E-state index contributed by atoms with van der Waals surface area (Å²) in [7, 11) is 4.12. The van der Waals surface area contributed by atoms with Gasteiger partial charge in [-0.15, -0.1) is 0 Å². The molecule has 1 aromatic rings. The quantitative estimate of drug-likeness (QED) is 0.871. The van der Waals surface area contributed by atoms with E-state index in [9.17, 15) is 4.79 Å². The minimum Gasteiger partial charge on any atom is -0.325 e. The van der Waals surface area contributed by atoms with Gasteiger partial charge in [-0.25, -0.2) is 0 Å². The van der Waals surface area contributed by atoms with Crippen molar-refractivity contribution in [2.24, 2.45) is 0 Å². The molecule has 2 unspecified atom stereocenters. The van der Waals surface area contributed by atoms with Gasteiger partial charge in [-0.2, -0.15) is 0 Å². The molecule has 0 radical (unpaired) electrons. The number of rotatable bonds is 5. The van der Waals surface area contributed by atoms with Crippen molar-refractivity contribution in [3.8, 4) is 0 Å². The molecule has 104 valence electrons. The smallest absolute Gasteiger partial charge is 0.245 e. The van der Waals surface area contributed by atoms with Crippen LogP contribution in [0.4, 0.5) is 0 Å². The topological polar surface area (TPSA) is 35.6 Å². The van der Waals surface area contributed by atoms with Gasteiger partial charge >= 0.3 is 0 Å². The Morgan fingerprint density at radius 3 is 2.68 bits per heavy atom. The van der Waals surface area contributed by atoms with Gasteiger partial charge in [0.2, 0.25) is 5.91 Å². The third-order valence-electron chi connectivity index (χ3n) is 3.65. The van der Waals surface area contributed by atoms with Crippen molar-refractivity contribution in [2.75, 3.05) is 27.3 Å². The van der Waals surface area contributed by atoms with E-state index in [-0.39, 0.29) is 18.0 Å². The predicted octanol–water partition coefficient (Wildman–Crippen LogP) is 1.46. The average Bonchev–Trinajstić information content (AvgIpc) is 2.79. The standard InChI is InChI=1S/C15H23N3O/c1-12(9-10-17(2)3)18-11-16-14(15(18)19)13-7-5-4-6-8-13/h4-8,12,14,16H,9-11H2,1-3H3. The molecule has 4 heteroatoms. The number of nitrogens with zero attached hydrogens (tertiary/aromatic N) is 2. The first kappa shape index (κ1) is 14.0. The highest BCUT2D eigenvalue weighted by Crippen LogP contribution is 2.22. The Bertz CT molecular complexity index is 419. The molecule has 1 amide bonds. The number of carbonyl (C=O) groups excluding carboxylic acids is 1. The zero-order chi connectivity index (χ0) is 13.8. The summed E-state index contributed by atoms with van der Waals surface area (Å²) in [5.41, 5.74) is 1.05. The van der Waals surface area contributed by atoms with Crippen LogP contribution in [0.1, 0.15) is 24.9 Å². The molecule has 2 rings (SSSR count). The Morgan fingerprint density at radius 2 is 2.05 bits per heavy atom. The van der Waals surface area contributed by atoms with Crippen molar-refractivity contribution in [3.05, 3.63) is 35.9 Å². The first-order valence-electron chi connectivity index (χ1n) is 6.83. The summed E-state index contributed by atoms with van der Waals surface area (Å²) in [6.07, 6.45) is 1.00. The molecule has 19 heavy (non-hydrogen) atoms. The molecule has 1 aliphatic rings. The number of benzene rings is 1. The largest absolute Gasteiger partial charge is 0.325 e. The monoisotopic (exact) mass is 261 g/mol. The van der Waals surface area contributed by atoms with Crippen LogP contribution < -0.4 is 5.32 Å². The van der Waals surface area contributed by atoms with Crippen LogP contribution >= 0.6 is 0 Å². The molecule has 1 fully saturated rings. The van der Waals surface area contributed by atoms with Gasteiger partial charge in [-0.05, 0) is 39.5 Å². The van der Waals surface area contributed by atoms with Gasteiger partial charge < -0.3 is 9.80 Å². The van der Waals surface area contributed by atoms with Crippen molar-refractivity contribution in [3.63, 3.8) is 0 Å². The van der Waals surface area contributed by atoms with E-state index in [1.54, 1.807) is 0 Å². The Morgan fingerprint density at radius 1 is 1.37 bits per heavy atom. The molecule has 0 bridgehead atoms. The third-order valence-corrected chi connectivity index (χ3v) is 3.65. The first-order valence-corrected chi connectivity index (χ1v) is 6.83. The molecule has 2 atom stereocenters. The number of amides is 1. The second kappa shape index (κ2) is 6.17. The van der Waals surface area contributed by atoms with Crippen molar-refractivity contribution in [1.82, 2.24) is 15.1 Å². The van der Waals surface area contributed by atoms with Gasteiger partial charge in [0, 0.05) is 6.04 Å². The Kier molecular flexibility index (Phi) is 4.56. The Labute approximate surface area is 115 Å². The maximum absolute atomic E-state index is 12.4. The molecule has 4 nitrogen and oxygen atoms in total. The van der Waals surface area contributed by atoms with Crippen LogP contribution in [0.2, 0.25) is 0 Å². The summed E-state index contributed by atoms with van der Waals surface area (Å²) in [5, 5.41) is 3.30. The number of hydrogen-bond donors (Lipinski definition) is 1. The number of hydrogen-bond acceptors (Lipinski definition) is 3. The summed E-state index contributed by atoms with van der Waals surface area (Å²) >= 11 is 0. The maximum Gasteiger partial charge on any atom is 0.245 e. The van der Waals surface area contributed by atoms with Gasteiger partial charge in [0.1, 0.15) is 6.04 Å². The lowest BCUT2D eigenvalue weighted by molar-refractivity contribution is -0.130. The fourth-order valence-electron chi connectivity index (χ4n) is 2.40. The zero-order valence-corrected chi connectivity index (χ0v) is 12.0. The molecule has 1 heterocycles. The first-order chi connectivity index (χ1) is 9.09. The van der Waals surface area contributed by atoms with Crippen LogP contribution in [0.15, 0.2) is 30.3 Å². The van der Waals surface area contributed by atoms with Crippen LogP contribution in [-0.4, -0.2) is 49.1 Å². The van der Waals surface area contributed by atoms with Crippen LogP contribution in [0, 0.1) is 0 Å². The van der Waals surface area contributed by atoms with E-state index >= 15 is 0 Å². The van der Waals surface area contributed by atoms with Gasteiger partial charge in [-0.3, -0.25) is 10.1 Å². The maximum atomic E-state index is 12.4. The Balaban J connectivity index is 1.98. The van der Waals surface area contributed by atoms with Gasteiger partial charge in [-0.1, -0.05) is 30.3 Å². The summed E-state index contributed by atoms with van der Waals surface area (Å²) in [6.45, 7) is 3.77. The average molecular weight is 261 g/mol. The SMILES string of the molecule is CC(CCN(C)C)N1CNC(c2ccccc2)C1=O. The van der Waals surface area contributed by atoms with E-state index in [2.05, 4.69) is 31.2 Å². The zero-order valence-electron chi connectivity index (χ0n) is 12.0. The lowest BCUT2D eigenvalue weighted by atomic mass is 10.1. The highest BCUT2D eigenvalue weighted by atomic mass is 16.2. The summed E-state index contributed by atoms with van der Waals surface area (Å²) < 4.78 is 0. The lowest BCUT2D eigenvalue weighted by Crippen LogP contribution is -2.37. The minimum atomic E-state index is -0.178. The predicted molar refractivity (Wildman–Crippen MR) is 76.7 cm³/mol. The molecule has 0 aromatic heterocycles. The van der Waals surface area contributed by atoms with Crippen LogP contribution in [0.5, 0.6) is 0 Å². The van der Waals surface area contributed by atoms with E-state index in [4.69, 9.17) is 0 Å². The second-order valence-corrected chi connectivity index (χ2v) is 5.45. The second-order valence-electron chi connectivity index (χ2n) is 5.45. The fraction of sp³-hybridized carbons (Fsp3) is 0.533. The van der Waals surface area contributed by atoms with Gasteiger partial charge in [0.05, 0.1) is 6.67 Å². The van der Waals surface area contributed by atoms with Crippen LogP contribution in [0.3, 0.4) is 0 Å². The number of nitrogens with one attached hydrogen (secondary N) is 1. The normalized spacial score (nSPS) is 21.2. The van der Waals surface area contributed by atoms with E-state index < -0.39 is 0 Å². The minimum absolute atomic E-state index is 0.178. The summed E-state index contributed by atoms with van der Waals surface area (Å²) in [4.78, 5) is 16.5. The number of carbonyl (C=O) groups is 1. The lowest BCUT2D eigenvalue weighted by Gasteiger charge is -2.25. The fourth-order valence-corrected chi connectivity index (χ4v) is 2.40. The molecule has 1 saturated heterocycles. The van der Waals surface area contributed by atoms with Gasteiger partial charge in [0.15, 0.2) is 0 Å². The van der Waals surface area contributed by atoms with Crippen molar-refractivity contribution >= 4 is 5.91 Å². The molecule has 0 saturated carbocycles. The van der Waals surface area contributed by atoms with E-state index in [0.717, 1.165) is 18.5 Å². The third kappa shape index (κ3) is 3.33. The molecular formula is C15H23N3O.